The second-order valence-electron chi connectivity index (χ2n) is 6.67. The van der Waals surface area contributed by atoms with Crippen molar-refractivity contribution in [2.45, 2.75) is 55.3 Å². The molecule has 1 rings (SSSR count). The van der Waals surface area contributed by atoms with Gasteiger partial charge in [0.1, 0.15) is 5.82 Å². The van der Waals surface area contributed by atoms with Crippen LogP contribution >= 0.6 is 0 Å². The summed E-state index contributed by atoms with van der Waals surface area (Å²) < 4.78 is 226. The van der Waals surface area contributed by atoms with E-state index in [2.05, 4.69) is 4.98 Å². The van der Waals surface area contributed by atoms with E-state index >= 15 is 0 Å². The number of rotatable bonds is 8. The van der Waals surface area contributed by atoms with Gasteiger partial charge in [-0.3, -0.25) is 14.3 Å². The molecule has 0 bridgehead atoms. The Labute approximate surface area is 191 Å². The first kappa shape index (κ1) is 32.4. The first-order valence-electron chi connectivity index (χ1n) is 8.41. The number of ether oxygens (including phenoxy) is 2. The number of aromatic nitrogens is 1. The molecule has 1 amide bonds. The van der Waals surface area contributed by atoms with Gasteiger partial charge >= 0.3 is 54.3 Å². The molecule has 0 saturated carbocycles. The Hall–Kier alpha value is -2.65. The molecule has 1 aromatic heterocycles. The van der Waals surface area contributed by atoms with E-state index in [1.807, 2.05) is 4.74 Å². The van der Waals surface area contributed by atoms with E-state index in [4.69, 9.17) is 0 Å². The maximum absolute atomic E-state index is 14.4. The molecule has 214 valence electrons. The molecular weight excluding hydrogens is 579 g/mol. The van der Waals surface area contributed by atoms with Crippen molar-refractivity contribution in [1.29, 1.82) is 0 Å². The number of pyridine rings is 1. The van der Waals surface area contributed by atoms with E-state index in [9.17, 15) is 79.4 Å². The Morgan fingerprint density at radius 1 is 0.730 bits per heavy atom. The number of amides is 1. The maximum atomic E-state index is 14.4. The molecule has 22 heteroatoms. The molecule has 0 fully saturated rings. The molecule has 0 aliphatic heterocycles. The molecule has 5 nitrogen and oxygen atoms in total. The standard InChI is InChI=1S/C15H7F17N2O3/c1-5-2-3-33-6(4-5)34-7(35)8(16,11(20,21)22)36-15(31,32)10(19,13(26,27)28)37-14(29,30)9(17,18)12(23,24)25/h2-4H,1H3,(H,33,34,35)/t8-,10-/m1/s1. The first-order chi connectivity index (χ1) is 16.1. The highest BCUT2D eigenvalue weighted by atomic mass is 19.4. The van der Waals surface area contributed by atoms with E-state index in [1.165, 1.54) is 4.74 Å². The lowest BCUT2D eigenvalue weighted by Crippen LogP contribution is -2.68. The van der Waals surface area contributed by atoms with Gasteiger partial charge in [0.05, 0.1) is 0 Å². The lowest BCUT2D eigenvalue weighted by Gasteiger charge is -2.40. The van der Waals surface area contributed by atoms with Crippen LogP contribution in [0.4, 0.5) is 80.5 Å². The molecule has 1 heterocycles. The summed E-state index contributed by atoms with van der Waals surface area (Å²) in [6.45, 7) is 1.16. The number of hydrogen-bond donors (Lipinski definition) is 1. The lowest BCUT2D eigenvalue weighted by atomic mass is 10.2. The third kappa shape index (κ3) is 5.93. The molecule has 1 N–H and O–H groups in total. The van der Waals surface area contributed by atoms with Gasteiger partial charge in [0.2, 0.25) is 0 Å². The number of carbonyl (C=O) groups is 1. The van der Waals surface area contributed by atoms with Gasteiger partial charge in [0, 0.05) is 6.20 Å². The van der Waals surface area contributed by atoms with E-state index in [-0.39, 0.29) is 5.56 Å². The third-order valence-electron chi connectivity index (χ3n) is 3.81. The van der Waals surface area contributed by atoms with Crippen LogP contribution in [-0.4, -0.2) is 59.3 Å². The van der Waals surface area contributed by atoms with Crippen LogP contribution in [0.1, 0.15) is 5.56 Å². The Morgan fingerprint density at radius 2 is 1.22 bits per heavy atom. The topological polar surface area (TPSA) is 60.5 Å². The Morgan fingerprint density at radius 3 is 1.59 bits per heavy atom. The summed E-state index contributed by atoms with van der Waals surface area (Å²) >= 11 is 0. The quantitative estimate of drug-likeness (QED) is 0.369. The minimum absolute atomic E-state index is 0.0223. The molecule has 1 aromatic rings. The van der Waals surface area contributed by atoms with Crippen molar-refractivity contribution >= 4 is 11.7 Å². The molecule has 0 aliphatic rings. The van der Waals surface area contributed by atoms with Crippen LogP contribution in [-0.2, 0) is 14.3 Å². The molecule has 37 heavy (non-hydrogen) atoms. The minimum atomic E-state index is -8.07. The van der Waals surface area contributed by atoms with E-state index in [1.54, 1.807) is 0 Å². The summed E-state index contributed by atoms with van der Waals surface area (Å²) in [5.41, 5.74) is 0.0223. The van der Waals surface area contributed by atoms with Crippen molar-refractivity contribution in [2.75, 3.05) is 5.32 Å². The van der Waals surface area contributed by atoms with Gasteiger partial charge in [-0.05, 0) is 24.6 Å². The fourth-order valence-electron chi connectivity index (χ4n) is 1.96. The molecule has 0 spiro atoms. The molecule has 0 aromatic carbocycles. The number of alkyl halides is 17. The fourth-order valence-corrected chi connectivity index (χ4v) is 1.96. The van der Waals surface area contributed by atoms with Crippen LogP contribution in [0.25, 0.3) is 0 Å². The van der Waals surface area contributed by atoms with Crippen LogP contribution in [0.15, 0.2) is 18.3 Å². The zero-order valence-electron chi connectivity index (χ0n) is 16.8. The molecule has 2 atom stereocenters. The summed E-state index contributed by atoms with van der Waals surface area (Å²) in [6, 6.07) is 1.69. The average Bonchev–Trinajstić information content (AvgIpc) is 2.64. The third-order valence-corrected chi connectivity index (χ3v) is 3.81. The zero-order valence-corrected chi connectivity index (χ0v) is 16.8. The van der Waals surface area contributed by atoms with Crippen molar-refractivity contribution in [3.63, 3.8) is 0 Å². The number of nitrogens with one attached hydrogen (secondary N) is 1. The van der Waals surface area contributed by atoms with Gasteiger partial charge in [-0.15, -0.1) is 0 Å². The van der Waals surface area contributed by atoms with E-state index in [0.29, 0.717) is 12.3 Å². The van der Waals surface area contributed by atoms with Gasteiger partial charge in [0.15, 0.2) is 0 Å². The van der Waals surface area contributed by atoms with Gasteiger partial charge in [-0.2, -0.15) is 74.6 Å². The molecule has 0 saturated heterocycles. The predicted octanol–water partition coefficient (Wildman–Crippen LogP) is 6.20. The molecule has 0 unspecified atom stereocenters. The van der Waals surface area contributed by atoms with Crippen molar-refractivity contribution in [2.24, 2.45) is 0 Å². The highest BCUT2D eigenvalue weighted by molar-refractivity contribution is 5.96. The van der Waals surface area contributed by atoms with Gasteiger partial charge in [-0.1, -0.05) is 0 Å². The summed E-state index contributed by atoms with van der Waals surface area (Å²) in [4.78, 5) is 14.7. The van der Waals surface area contributed by atoms with Crippen LogP contribution in [0.3, 0.4) is 0 Å². The fraction of sp³-hybridized carbons (Fsp3) is 0.600. The number of hydrogen-bond acceptors (Lipinski definition) is 4. The summed E-state index contributed by atoms with van der Waals surface area (Å²) in [5, 5.41) is 0.770. The van der Waals surface area contributed by atoms with Crippen molar-refractivity contribution in [3.8, 4) is 0 Å². The van der Waals surface area contributed by atoms with Gasteiger partial charge < -0.3 is 5.32 Å². The van der Waals surface area contributed by atoms with Crippen molar-refractivity contribution < 1.29 is 88.9 Å². The number of halogens is 17. The summed E-state index contributed by atoms with van der Waals surface area (Å²) in [6.07, 6.45) is -37.9. The van der Waals surface area contributed by atoms with Crippen LogP contribution in [0.5, 0.6) is 0 Å². The zero-order chi connectivity index (χ0) is 29.7. The van der Waals surface area contributed by atoms with E-state index < -0.39 is 60.1 Å². The molecular formula is C15H7F17N2O3. The van der Waals surface area contributed by atoms with E-state index in [0.717, 1.165) is 18.3 Å². The van der Waals surface area contributed by atoms with Gasteiger partial charge in [0.25, 0.3) is 0 Å². The molecule has 0 aliphatic carbocycles. The lowest BCUT2D eigenvalue weighted by molar-refractivity contribution is -0.548. The van der Waals surface area contributed by atoms with Crippen LogP contribution in [0, 0.1) is 6.92 Å². The molecule has 0 radical (unpaired) electrons. The monoisotopic (exact) mass is 586 g/mol. The maximum Gasteiger partial charge on any atom is 0.462 e. The first-order valence-corrected chi connectivity index (χ1v) is 8.41. The number of anilines is 1. The second-order valence-corrected chi connectivity index (χ2v) is 6.67. The van der Waals surface area contributed by atoms with Crippen LogP contribution in [0.2, 0.25) is 0 Å². The minimum Gasteiger partial charge on any atom is -0.305 e. The Balaban J connectivity index is 3.63. The van der Waals surface area contributed by atoms with Crippen LogP contribution < -0.4 is 5.32 Å². The summed E-state index contributed by atoms with van der Waals surface area (Å²) in [7, 11) is 0. The second kappa shape index (κ2) is 9.27. The largest absolute Gasteiger partial charge is 0.462 e. The SMILES string of the molecule is Cc1ccnc(NC(=O)[C@@](F)(OC(F)(F)[C@](F)(OC(F)(F)C(F)(F)C(F)(F)F)C(F)(F)F)C(F)(F)F)c1. The number of aryl methyl sites for hydroxylation is 1. The average molecular weight is 586 g/mol. The predicted molar refractivity (Wildman–Crippen MR) is 80.5 cm³/mol. The van der Waals surface area contributed by atoms with Crippen molar-refractivity contribution in [3.05, 3.63) is 23.9 Å². The van der Waals surface area contributed by atoms with Crippen molar-refractivity contribution in [1.82, 2.24) is 4.98 Å². The summed E-state index contributed by atoms with van der Waals surface area (Å²) in [5.74, 6) is -27.4. The Bertz CT molecular complexity index is 989. The van der Waals surface area contributed by atoms with Gasteiger partial charge in [-0.25, -0.2) is 4.98 Å². The normalized spacial score (nSPS) is 17.7. The number of nitrogens with zero attached hydrogens (tertiary/aromatic N) is 1. The smallest absolute Gasteiger partial charge is 0.305 e. The highest BCUT2D eigenvalue weighted by Crippen LogP contribution is 2.56. The Kier molecular flexibility index (Phi) is 8.11. The number of carbonyl (C=O) groups excluding carboxylic acids is 1. The highest BCUT2D eigenvalue weighted by Gasteiger charge is 2.85.